The molecule has 2 rings (SSSR count). The van der Waals surface area contributed by atoms with Crippen LogP contribution in [0, 0.1) is 11.3 Å². The summed E-state index contributed by atoms with van der Waals surface area (Å²) >= 11 is 1.43. The molecule has 0 fully saturated rings. The molecule has 0 atom stereocenters. The predicted molar refractivity (Wildman–Crippen MR) is 68.3 cm³/mol. The van der Waals surface area contributed by atoms with Crippen LogP contribution in [0.25, 0.3) is 0 Å². The van der Waals surface area contributed by atoms with E-state index in [9.17, 15) is 4.79 Å². The Morgan fingerprint density at radius 3 is 2.94 bits per heavy atom. The number of carbonyl (C=O) groups is 1. The van der Waals surface area contributed by atoms with Crippen LogP contribution in [0.4, 0.5) is 5.69 Å². The first-order valence-corrected chi connectivity index (χ1v) is 5.98. The van der Waals surface area contributed by atoms with Gasteiger partial charge in [-0.3, -0.25) is 4.79 Å². The summed E-state index contributed by atoms with van der Waals surface area (Å²) in [5.74, 6) is 0.0577. The first-order valence-electron chi connectivity index (χ1n) is 5.10. The van der Waals surface area contributed by atoms with Crippen LogP contribution in [0.1, 0.15) is 15.2 Å². The quantitative estimate of drug-likeness (QED) is 0.839. The molecule has 1 heterocycles. The van der Waals surface area contributed by atoms with E-state index >= 15 is 0 Å². The summed E-state index contributed by atoms with van der Waals surface area (Å²) in [5, 5.41) is 13.6. The molecule has 0 radical (unpaired) electrons. The average Bonchev–Trinajstić information content (AvgIpc) is 2.90. The SMILES string of the molecule is N#Cc1cccc(NCC(=O)c2cccs2)c1. The van der Waals surface area contributed by atoms with Crippen molar-refractivity contribution in [3.05, 3.63) is 52.2 Å². The highest BCUT2D eigenvalue weighted by Gasteiger charge is 2.06. The molecule has 0 spiro atoms. The minimum absolute atomic E-state index is 0.0577. The van der Waals surface area contributed by atoms with Gasteiger partial charge < -0.3 is 5.32 Å². The lowest BCUT2D eigenvalue weighted by Gasteiger charge is -2.04. The third kappa shape index (κ3) is 2.92. The molecule has 0 saturated carbocycles. The molecule has 0 aliphatic heterocycles. The Labute approximate surface area is 103 Å². The standard InChI is InChI=1S/C13H10N2OS/c14-8-10-3-1-4-11(7-10)15-9-12(16)13-5-2-6-17-13/h1-7,15H,9H2. The average molecular weight is 242 g/mol. The van der Waals surface area contributed by atoms with Gasteiger partial charge in [-0.15, -0.1) is 11.3 Å². The van der Waals surface area contributed by atoms with Crippen LogP contribution in [0.5, 0.6) is 0 Å². The minimum atomic E-state index is 0.0577. The number of hydrogen-bond donors (Lipinski definition) is 1. The maximum absolute atomic E-state index is 11.7. The van der Waals surface area contributed by atoms with E-state index in [0.717, 1.165) is 10.6 Å². The first kappa shape index (κ1) is 11.4. The number of anilines is 1. The molecular weight excluding hydrogens is 232 g/mol. The summed E-state index contributed by atoms with van der Waals surface area (Å²) in [5.41, 5.74) is 1.37. The Kier molecular flexibility index (Phi) is 3.53. The number of rotatable bonds is 4. The topological polar surface area (TPSA) is 52.9 Å². The number of Topliss-reactive ketones (excluding diaryl/α,β-unsaturated/α-hetero) is 1. The molecule has 17 heavy (non-hydrogen) atoms. The predicted octanol–water partition coefficient (Wildman–Crippen LogP) is 2.91. The summed E-state index contributed by atoms with van der Waals surface area (Å²) < 4.78 is 0. The molecule has 0 saturated heterocycles. The van der Waals surface area contributed by atoms with Crippen molar-refractivity contribution in [3.63, 3.8) is 0 Å². The normalized spacial score (nSPS) is 9.59. The van der Waals surface area contributed by atoms with Gasteiger partial charge in [0.25, 0.3) is 0 Å². The van der Waals surface area contributed by atoms with Gasteiger partial charge in [-0.2, -0.15) is 5.26 Å². The lowest BCUT2D eigenvalue weighted by Crippen LogP contribution is -2.12. The minimum Gasteiger partial charge on any atom is -0.378 e. The molecule has 1 N–H and O–H groups in total. The van der Waals surface area contributed by atoms with E-state index in [4.69, 9.17) is 5.26 Å². The zero-order chi connectivity index (χ0) is 12.1. The van der Waals surface area contributed by atoms with E-state index in [-0.39, 0.29) is 12.3 Å². The maximum atomic E-state index is 11.7. The van der Waals surface area contributed by atoms with E-state index < -0.39 is 0 Å². The van der Waals surface area contributed by atoms with Crippen LogP contribution in [0.2, 0.25) is 0 Å². The highest BCUT2D eigenvalue weighted by atomic mass is 32.1. The molecule has 0 unspecified atom stereocenters. The van der Waals surface area contributed by atoms with Crippen LogP contribution >= 0.6 is 11.3 Å². The summed E-state index contributed by atoms with van der Waals surface area (Å²) in [6, 6.07) is 12.8. The zero-order valence-corrected chi connectivity index (χ0v) is 9.83. The van der Waals surface area contributed by atoms with E-state index in [1.165, 1.54) is 11.3 Å². The first-order chi connectivity index (χ1) is 8.29. The lowest BCUT2D eigenvalue weighted by atomic mass is 10.2. The van der Waals surface area contributed by atoms with Crippen LogP contribution in [0.3, 0.4) is 0 Å². The second-order valence-electron chi connectivity index (χ2n) is 3.45. The van der Waals surface area contributed by atoms with Crippen LogP contribution in [-0.2, 0) is 0 Å². The Balaban J connectivity index is 1.98. The number of nitriles is 1. The summed E-state index contributed by atoms with van der Waals surface area (Å²) in [6.45, 7) is 0.245. The van der Waals surface area contributed by atoms with Crippen molar-refractivity contribution in [2.45, 2.75) is 0 Å². The van der Waals surface area contributed by atoms with Gasteiger partial charge in [0.15, 0.2) is 5.78 Å². The number of ketones is 1. The Hall–Kier alpha value is -2.12. The Bertz CT molecular complexity index is 555. The maximum Gasteiger partial charge on any atom is 0.191 e. The molecule has 0 aliphatic rings. The molecule has 1 aromatic heterocycles. The van der Waals surface area contributed by atoms with Gasteiger partial charge in [-0.1, -0.05) is 12.1 Å². The van der Waals surface area contributed by atoms with Crippen molar-refractivity contribution in [1.82, 2.24) is 0 Å². The summed E-state index contributed by atoms with van der Waals surface area (Å²) in [4.78, 5) is 12.5. The summed E-state index contributed by atoms with van der Waals surface area (Å²) in [7, 11) is 0. The molecule has 84 valence electrons. The third-order valence-corrected chi connectivity index (χ3v) is 3.15. The molecule has 0 bridgehead atoms. The number of hydrogen-bond acceptors (Lipinski definition) is 4. The highest BCUT2D eigenvalue weighted by molar-refractivity contribution is 7.12. The van der Waals surface area contributed by atoms with Gasteiger partial charge in [0.1, 0.15) is 0 Å². The number of nitrogens with zero attached hydrogens (tertiary/aromatic N) is 1. The summed E-state index contributed by atoms with van der Waals surface area (Å²) in [6.07, 6.45) is 0. The van der Waals surface area contributed by atoms with E-state index in [1.807, 2.05) is 17.5 Å². The molecule has 0 amide bonds. The molecule has 4 heteroatoms. The van der Waals surface area contributed by atoms with Crippen molar-refractivity contribution in [3.8, 4) is 6.07 Å². The Morgan fingerprint density at radius 1 is 1.35 bits per heavy atom. The number of benzene rings is 1. The van der Waals surface area contributed by atoms with Crippen molar-refractivity contribution in [2.75, 3.05) is 11.9 Å². The van der Waals surface area contributed by atoms with Crippen LogP contribution in [0.15, 0.2) is 41.8 Å². The van der Waals surface area contributed by atoms with E-state index in [2.05, 4.69) is 11.4 Å². The number of thiophene rings is 1. The fraction of sp³-hybridized carbons (Fsp3) is 0.0769. The molecule has 2 aromatic rings. The smallest absolute Gasteiger partial charge is 0.191 e. The molecule has 3 nitrogen and oxygen atoms in total. The van der Waals surface area contributed by atoms with Crippen LogP contribution in [-0.4, -0.2) is 12.3 Å². The van der Waals surface area contributed by atoms with Gasteiger partial charge in [-0.25, -0.2) is 0 Å². The van der Waals surface area contributed by atoms with E-state index in [1.54, 1.807) is 24.3 Å². The molecular formula is C13H10N2OS. The second kappa shape index (κ2) is 5.28. The molecule has 1 aromatic carbocycles. The highest BCUT2D eigenvalue weighted by Crippen LogP contribution is 2.12. The zero-order valence-electron chi connectivity index (χ0n) is 9.01. The van der Waals surface area contributed by atoms with Crippen molar-refractivity contribution < 1.29 is 4.79 Å². The van der Waals surface area contributed by atoms with Gasteiger partial charge in [-0.05, 0) is 29.6 Å². The lowest BCUT2D eigenvalue weighted by molar-refractivity contribution is 0.101. The third-order valence-electron chi connectivity index (χ3n) is 2.24. The van der Waals surface area contributed by atoms with Gasteiger partial charge in [0.05, 0.1) is 23.1 Å². The van der Waals surface area contributed by atoms with Gasteiger partial charge >= 0.3 is 0 Å². The van der Waals surface area contributed by atoms with Crippen molar-refractivity contribution in [1.29, 1.82) is 5.26 Å². The molecule has 0 aliphatic carbocycles. The monoisotopic (exact) mass is 242 g/mol. The van der Waals surface area contributed by atoms with Crippen molar-refractivity contribution >= 4 is 22.8 Å². The van der Waals surface area contributed by atoms with E-state index in [0.29, 0.717) is 5.56 Å². The van der Waals surface area contributed by atoms with Crippen molar-refractivity contribution in [2.24, 2.45) is 0 Å². The number of carbonyl (C=O) groups excluding carboxylic acids is 1. The fourth-order valence-corrected chi connectivity index (χ4v) is 2.07. The van der Waals surface area contributed by atoms with Crippen LogP contribution < -0.4 is 5.32 Å². The fourth-order valence-electron chi connectivity index (χ4n) is 1.41. The van der Waals surface area contributed by atoms with Gasteiger partial charge in [0.2, 0.25) is 0 Å². The Morgan fingerprint density at radius 2 is 2.24 bits per heavy atom. The second-order valence-corrected chi connectivity index (χ2v) is 4.39. The van der Waals surface area contributed by atoms with Gasteiger partial charge in [0, 0.05) is 5.69 Å². The largest absolute Gasteiger partial charge is 0.378 e. The number of nitrogens with one attached hydrogen (secondary N) is 1.